The van der Waals surface area contributed by atoms with Gasteiger partial charge < -0.3 is 5.32 Å². The fourth-order valence-corrected chi connectivity index (χ4v) is 2.16. The molecule has 0 atom stereocenters. The van der Waals surface area contributed by atoms with Crippen molar-refractivity contribution >= 4 is 50.1 Å². The Labute approximate surface area is 127 Å². The number of hydrogen-bond donors (Lipinski definition) is 1. The molecule has 3 nitrogen and oxygen atoms in total. The van der Waals surface area contributed by atoms with Crippen molar-refractivity contribution in [1.29, 1.82) is 0 Å². The van der Waals surface area contributed by atoms with Gasteiger partial charge in [-0.25, -0.2) is 0 Å². The Kier molecular flexibility index (Phi) is 4.71. The fraction of sp³-hybridized carbons (Fsp3) is 0.0769. The van der Waals surface area contributed by atoms with E-state index in [9.17, 15) is 4.79 Å². The molecule has 92 valence electrons. The number of anilines is 1. The highest BCUT2D eigenvalue weighted by molar-refractivity contribution is 14.1. The molecule has 0 aliphatic carbocycles. The van der Waals surface area contributed by atoms with E-state index in [4.69, 9.17) is 0 Å². The average Bonchev–Trinajstić information content (AvgIpc) is 2.35. The van der Waals surface area contributed by atoms with Gasteiger partial charge in [-0.15, -0.1) is 0 Å². The van der Waals surface area contributed by atoms with Crippen LogP contribution in [0.1, 0.15) is 5.69 Å². The Morgan fingerprint density at radius 3 is 2.83 bits per heavy atom. The van der Waals surface area contributed by atoms with Gasteiger partial charge in [0.1, 0.15) is 0 Å². The summed E-state index contributed by atoms with van der Waals surface area (Å²) in [5.41, 5.74) is 1.54. The molecule has 1 N–H and O–H groups in total. The van der Waals surface area contributed by atoms with Crippen LogP contribution in [0, 0.1) is 3.57 Å². The number of carbonyl (C=O) groups excluding carboxylic acids is 1. The van der Waals surface area contributed by atoms with Crippen LogP contribution in [0.2, 0.25) is 0 Å². The van der Waals surface area contributed by atoms with Crippen LogP contribution >= 0.6 is 38.5 Å². The maximum Gasteiger partial charge on any atom is 0.230 e. The summed E-state index contributed by atoms with van der Waals surface area (Å²) < 4.78 is 2.08. The third kappa shape index (κ3) is 3.78. The van der Waals surface area contributed by atoms with Crippen LogP contribution in [-0.4, -0.2) is 10.9 Å². The van der Waals surface area contributed by atoms with Gasteiger partial charge in [-0.1, -0.05) is 6.07 Å². The monoisotopic (exact) mass is 416 g/mol. The van der Waals surface area contributed by atoms with E-state index in [1.54, 1.807) is 6.20 Å². The fourth-order valence-electron chi connectivity index (χ4n) is 1.45. The van der Waals surface area contributed by atoms with E-state index < -0.39 is 0 Å². The molecule has 0 unspecified atom stereocenters. The maximum absolute atomic E-state index is 11.8. The van der Waals surface area contributed by atoms with Crippen molar-refractivity contribution in [2.45, 2.75) is 6.42 Å². The summed E-state index contributed by atoms with van der Waals surface area (Å²) in [4.78, 5) is 15.9. The molecule has 1 amide bonds. The Morgan fingerprint density at radius 2 is 2.17 bits per heavy atom. The minimum Gasteiger partial charge on any atom is -0.326 e. The first kappa shape index (κ1) is 13.5. The third-order valence-electron chi connectivity index (χ3n) is 2.27. The summed E-state index contributed by atoms with van der Waals surface area (Å²) in [6, 6.07) is 11.3. The zero-order valence-corrected chi connectivity index (χ0v) is 13.1. The number of rotatable bonds is 3. The Balaban J connectivity index is 2.01. The maximum atomic E-state index is 11.8. The third-order valence-corrected chi connectivity index (χ3v) is 4.61. The smallest absolute Gasteiger partial charge is 0.230 e. The molecule has 0 fully saturated rings. The van der Waals surface area contributed by atoms with Gasteiger partial charge in [-0.05, 0) is 68.9 Å². The zero-order chi connectivity index (χ0) is 13.0. The predicted octanol–water partition coefficient (Wildman–Crippen LogP) is 3.63. The number of nitrogens with zero attached hydrogens (tertiary/aromatic N) is 1. The molecule has 1 aromatic heterocycles. The molecular formula is C13H10BrIN2O. The molecule has 0 spiro atoms. The van der Waals surface area contributed by atoms with Crippen LogP contribution in [0.4, 0.5) is 5.69 Å². The number of pyridine rings is 1. The normalized spacial score (nSPS) is 10.1. The van der Waals surface area contributed by atoms with Crippen LogP contribution in [0.15, 0.2) is 47.1 Å². The van der Waals surface area contributed by atoms with Gasteiger partial charge in [0.05, 0.1) is 6.42 Å². The molecule has 0 bridgehead atoms. The van der Waals surface area contributed by atoms with E-state index in [-0.39, 0.29) is 12.3 Å². The minimum atomic E-state index is -0.0678. The number of carbonyl (C=O) groups is 1. The molecule has 0 radical (unpaired) electrons. The van der Waals surface area contributed by atoms with E-state index in [0.717, 1.165) is 19.4 Å². The molecular weight excluding hydrogens is 407 g/mol. The van der Waals surface area contributed by atoms with Gasteiger partial charge in [0, 0.05) is 25.6 Å². The second-order valence-electron chi connectivity index (χ2n) is 3.67. The lowest BCUT2D eigenvalue weighted by Gasteiger charge is -2.06. The van der Waals surface area contributed by atoms with Gasteiger partial charge in [-0.2, -0.15) is 0 Å². The number of amides is 1. The second-order valence-corrected chi connectivity index (χ2v) is 5.69. The van der Waals surface area contributed by atoms with E-state index in [2.05, 4.69) is 48.8 Å². The van der Waals surface area contributed by atoms with Crippen molar-refractivity contribution in [2.24, 2.45) is 0 Å². The number of hydrogen-bond acceptors (Lipinski definition) is 2. The Morgan fingerprint density at radius 1 is 1.33 bits per heavy atom. The molecule has 0 saturated carbocycles. The topological polar surface area (TPSA) is 42.0 Å². The molecule has 0 aliphatic rings. The quantitative estimate of drug-likeness (QED) is 0.776. The van der Waals surface area contributed by atoms with Crippen molar-refractivity contribution in [3.05, 3.63) is 56.3 Å². The molecule has 5 heteroatoms. The van der Waals surface area contributed by atoms with Crippen molar-refractivity contribution in [3.8, 4) is 0 Å². The highest BCUT2D eigenvalue weighted by atomic mass is 127. The van der Waals surface area contributed by atoms with Crippen molar-refractivity contribution in [3.63, 3.8) is 0 Å². The standard InChI is InChI=1S/C13H10BrIN2O/c14-11-7-10(4-5-12(11)15)17-13(18)8-9-3-1-2-6-16-9/h1-7H,8H2,(H,17,18). The summed E-state index contributed by atoms with van der Waals surface area (Å²) in [6.07, 6.45) is 1.97. The van der Waals surface area contributed by atoms with Gasteiger partial charge in [0.25, 0.3) is 0 Å². The predicted molar refractivity (Wildman–Crippen MR) is 83.4 cm³/mol. The number of halogens is 2. The van der Waals surface area contributed by atoms with E-state index >= 15 is 0 Å². The van der Waals surface area contributed by atoms with Gasteiger partial charge in [0.2, 0.25) is 5.91 Å². The summed E-state index contributed by atoms with van der Waals surface area (Å²) in [5.74, 6) is -0.0678. The van der Waals surface area contributed by atoms with E-state index in [0.29, 0.717) is 0 Å². The molecule has 0 aliphatic heterocycles. The Hall–Kier alpha value is -0.950. The molecule has 2 rings (SSSR count). The zero-order valence-electron chi connectivity index (χ0n) is 9.36. The van der Waals surface area contributed by atoms with Gasteiger partial charge >= 0.3 is 0 Å². The first-order chi connectivity index (χ1) is 8.65. The van der Waals surface area contributed by atoms with Gasteiger partial charge in [-0.3, -0.25) is 9.78 Å². The SMILES string of the molecule is O=C(Cc1ccccn1)Nc1ccc(I)c(Br)c1. The van der Waals surface area contributed by atoms with Crippen molar-refractivity contribution in [1.82, 2.24) is 4.98 Å². The lowest BCUT2D eigenvalue weighted by molar-refractivity contribution is -0.115. The molecule has 0 saturated heterocycles. The summed E-state index contributed by atoms with van der Waals surface area (Å²) in [6.45, 7) is 0. The Bertz CT molecular complexity index is 560. The number of benzene rings is 1. The van der Waals surface area contributed by atoms with Crippen LogP contribution in [0.25, 0.3) is 0 Å². The van der Waals surface area contributed by atoms with Crippen molar-refractivity contribution in [2.75, 3.05) is 5.32 Å². The average molecular weight is 417 g/mol. The minimum absolute atomic E-state index is 0.0678. The summed E-state index contributed by atoms with van der Waals surface area (Å²) in [5, 5.41) is 2.85. The highest BCUT2D eigenvalue weighted by Crippen LogP contribution is 2.22. The van der Waals surface area contributed by atoms with E-state index in [1.165, 1.54) is 0 Å². The molecule has 1 heterocycles. The summed E-state index contributed by atoms with van der Waals surface area (Å²) >= 11 is 5.66. The van der Waals surface area contributed by atoms with Gasteiger partial charge in [0.15, 0.2) is 0 Å². The van der Waals surface area contributed by atoms with Crippen LogP contribution < -0.4 is 5.32 Å². The highest BCUT2D eigenvalue weighted by Gasteiger charge is 2.05. The lowest BCUT2D eigenvalue weighted by Crippen LogP contribution is -2.15. The van der Waals surface area contributed by atoms with Crippen LogP contribution in [0.3, 0.4) is 0 Å². The number of nitrogens with one attached hydrogen (secondary N) is 1. The molecule has 1 aromatic carbocycles. The largest absolute Gasteiger partial charge is 0.326 e. The molecule has 2 aromatic rings. The summed E-state index contributed by atoms with van der Waals surface area (Å²) in [7, 11) is 0. The second kappa shape index (κ2) is 6.29. The van der Waals surface area contributed by atoms with Crippen molar-refractivity contribution < 1.29 is 4.79 Å². The first-order valence-corrected chi connectivity index (χ1v) is 7.17. The number of aromatic nitrogens is 1. The van der Waals surface area contributed by atoms with Crippen LogP contribution in [0.5, 0.6) is 0 Å². The molecule has 18 heavy (non-hydrogen) atoms. The lowest BCUT2D eigenvalue weighted by atomic mass is 10.2. The van der Waals surface area contributed by atoms with Crippen LogP contribution in [-0.2, 0) is 11.2 Å². The van der Waals surface area contributed by atoms with E-state index in [1.807, 2.05) is 36.4 Å². The first-order valence-electron chi connectivity index (χ1n) is 5.30.